The van der Waals surface area contributed by atoms with Crippen molar-refractivity contribution in [1.29, 1.82) is 0 Å². The van der Waals surface area contributed by atoms with Gasteiger partial charge in [0.15, 0.2) is 16.9 Å². The molecule has 3 atom stereocenters. The first-order valence-electron chi connectivity index (χ1n) is 11.1. The first-order chi connectivity index (χ1) is 19.0. The number of anilines is 1. The number of aromatic nitrogens is 2. The number of fused-ring (bicyclic) bond motifs is 1. The highest BCUT2D eigenvalue weighted by molar-refractivity contribution is 8.06. The third-order valence-electron chi connectivity index (χ3n) is 5.57. The van der Waals surface area contributed by atoms with Gasteiger partial charge in [-0.25, -0.2) is 9.78 Å². The Bertz CT molecular complexity index is 1440. The first-order valence-corrected chi connectivity index (χ1v) is 15.3. The van der Waals surface area contributed by atoms with Crippen molar-refractivity contribution >= 4 is 92.8 Å². The van der Waals surface area contributed by atoms with Crippen molar-refractivity contribution in [2.24, 2.45) is 5.16 Å². The van der Waals surface area contributed by atoms with E-state index in [1.165, 1.54) is 23.5 Å². The second kappa shape index (κ2) is 12.6. The zero-order valence-corrected chi connectivity index (χ0v) is 24.1. The topological polar surface area (TPSA) is 239 Å². The van der Waals surface area contributed by atoms with Crippen molar-refractivity contribution < 1.29 is 40.3 Å². The number of nitrogen functional groups attached to an aromatic ring is 1. The second-order valence-electron chi connectivity index (χ2n) is 8.18. The number of nitrogens with two attached hydrogens (primary N) is 1. The molecule has 19 heteroatoms. The van der Waals surface area contributed by atoms with Gasteiger partial charge in [-0.15, -0.1) is 11.8 Å². The van der Waals surface area contributed by atoms with E-state index in [9.17, 15) is 29.5 Å². The number of aliphatic carboxylic acids is 2. The molecule has 0 spiro atoms. The predicted molar refractivity (Wildman–Crippen MR) is 147 cm³/mol. The smallest absolute Gasteiger partial charge is 0.363 e. The van der Waals surface area contributed by atoms with Crippen LogP contribution in [0.15, 0.2) is 39.1 Å². The number of oxime groups is 1. The van der Waals surface area contributed by atoms with Crippen LogP contribution in [0.4, 0.5) is 5.13 Å². The lowest BCUT2D eigenvalue weighted by atomic mass is 10.0. The number of hydrogen-bond donors (Lipinski definition) is 5. The summed E-state index contributed by atoms with van der Waals surface area (Å²) in [5.41, 5.74) is 8.90. The fourth-order valence-electron chi connectivity index (χ4n) is 3.67. The summed E-state index contributed by atoms with van der Waals surface area (Å²) in [6.07, 6.45) is 3.15. The monoisotopic (exact) mass is 645 g/mol. The van der Waals surface area contributed by atoms with E-state index in [1.54, 1.807) is 18.5 Å². The van der Waals surface area contributed by atoms with Crippen LogP contribution in [0.2, 0.25) is 4.34 Å². The predicted octanol–water partition coefficient (Wildman–Crippen LogP) is -0.966. The summed E-state index contributed by atoms with van der Waals surface area (Å²) in [5, 5.41) is 35.2. The van der Waals surface area contributed by atoms with Crippen LogP contribution in [-0.4, -0.2) is 83.6 Å². The van der Waals surface area contributed by atoms with Crippen LogP contribution >= 0.6 is 58.2 Å². The highest BCUT2D eigenvalue weighted by atomic mass is 35.5. The van der Waals surface area contributed by atoms with Crippen molar-refractivity contribution in [3.63, 3.8) is 0 Å². The molecule has 212 valence electrons. The minimum absolute atomic E-state index is 0.0137. The number of nitrogens with one attached hydrogen (secondary N) is 1. The molecule has 0 saturated carbocycles. The number of thiazole rings is 1. The molecule has 1 saturated heterocycles. The maximum Gasteiger partial charge on any atom is 0.363 e. The van der Waals surface area contributed by atoms with Gasteiger partial charge in [-0.05, 0) is 11.6 Å². The molecule has 2 aliphatic heterocycles. The molecule has 14 nitrogen and oxygen atoms in total. The van der Waals surface area contributed by atoms with Crippen LogP contribution in [0.3, 0.4) is 0 Å². The van der Waals surface area contributed by atoms with Crippen molar-refractivity contribution in [2.45, 2.75) is 28.1 Å². The summed E-state index contributed by atoms with van der Waals surface area (Å²) in [4.78, 5) is 59.0. The van der Waals surface area contributed by atoms with E-state index in [1.807, 2.05) is 0 Å². The van der Waals surface area contributed by atoms with Gasteiger partial charge >= 0.3 is 5.97 Å². The quantitative estimate of drug-likeness (QED) is 0.0857. The zero-order valence-electron chi connectivity index (χ0n) is 20.1. The van der Waals surface area contributed by atoms with Crippen LogP contribution < -0.4 is 21.9 Å². The number of pyridine rings is 1. The van der Waals surface area contributed by atoms with Crippen molar-refractivity contribution in [2.75, 3.05) is 17.2 Å². The second-order valence-corrected chi connectivity index (χ2v) is 13.1. The Balaban J connectivity index is 1.49. The lowest BCUT2D eigenvalue weighted by molar-refractivity contribution is -0.400. The van der Waals surface area contributed by atoms with Crippen LogP contribution in [0.1, 0.15) is 11.3 Å². The van der Waals surface area contributed by atoms with Gasteiger partial charge in [-0.3, -0.25) is 19.5 Å². The fourth-order valence-corrected chi connectivity index (χ4v) is 8.25. The zero-order chi connectivity index (χ0) is 29.1. The van der Waals surface area contributed by atoms with Gasteiger partial charge in [0, 0.05) is 33.7 Å². The van der Waals surface area contributed by atoms with Gasteiger partial charge in [0.25, 0.3) is 11.8 Å². The molecule has 2 aromatic rings. The molecule has 40 heavy (non-hydrogen) atoms. The third kappa shape index (κ3) is 6.16. The number of carboxylic acid groups (broad SMARTS) is 2. The van der Waals surface area contributed by atoms with E-state index >= 15 is 0 Å². The van der Waals surface area contributed by atoms with Crippen molar-refractivity contribution in [3.8, 4) is 0 Å². The van der Waals surface area contributed by atoms with E-state index in [2.05, 4.69) is 26.2 Å². The van der Waals surface area contributed by atoms with Crippen molar-refractivity contribution in [1.82, 2.24) is 20.2 Å². The standard InChI is InChI=1S/C21H20ClN7O7S4/c22-15-11(27-21(24)40-15)12(28-36)16(30)26-13-17(31)29-14(20(34)35)10(6-38-18(13)29)39-9-1-2-25-3-7(9)4-37-5-8(23)19(32)33/h1-3,8,13,18,36H,4-6,23H2,(H2,24,27)(H,26,30)(H,32,33)(H,34,35)/b28-12-/t8-,13+,18+/m0/s1. The molecule has 0 aromatic carbocycles. The lowest BCUT2D eigenvalue weighted by Gasteiger charge is -2.50. The van der Waals surface area contributed by atoms with E-state index in [-0.39, 0.29) is 32.4 Å². The van der Waals surface area contributed by atoms with Crippen molar-refractivity contribution in [3.05, 3.63) is 44.7 Å². The molecule has 1 fully saturated rings. The molecule has 0 aliphatic carbocycles. The largest absolute Gasteiger partial charge is 0.543 e. The van der Waals surface area contributed by atoms with E-state index in [0.717, 1.165) is 33.6 Å². The summed E-state index contributed by atoms with van der Waals surface area (Å²) < 4.78 is 0.0137. The number of carboxylic acids is 2. The molecule has 2 aliphatic rings. The molecule has 4 rings (SSSR count). The van der Waals surface area contributed by atoms with Gasteiger partial charge in [-0.1, -0.05) is 39.9 Å². The number of amides is 2. The number of carbonyl (C=O) groups excluding carboxylic acids is 3. The van der Waals surface area contributed by atoms with Gasteiger partial charge in [-0.2, -0.15) is 11.8 Å². The van der Waals surface area contributed by atoms with E-state index in [0.29, 0.717) is 15.6 Å². The highest BCUT2D eigenvalue weighted by Gasteiger charge is 2.53. The Labute approximate surface area is 247 Å². The molecule has 2 aromatic heterocycles. The Morgan fingerprint density at radius 2 is 2.17 bits per heavy atom. The summed E-state index contributed by atoms with van der Waals surface area (Å²) in [6.45, 7) is 0. The average molecular weight is 646 g/mol. The summed E-state index contributed by atoms with van der Waals surface area (Å²) >= 11 is 10.6. The normalized spacial score (nSPS) is 19.6. The number of quaternary nitrogens is 1. The lowest BCUT2D eigenvalue weighted by Crippen LogP contribution is -2.71. The molecular weight excluding hydrogens is 626 g/mol. The van der Waals surface area contributed by atoms with Gasteiger partial charge in [0.2, 0.25) is 0 Å². The minimum atomic E-state index is -1.56. The molecule has 0 radical (unpaired) electrons. The van der Waals surface area contributed by atoms with Gasteiger partial charge in [0.1, 0.15) is 21.4 Å². The van der Waals surface area contributed by atoms with Gasteiger partial charge < -0.3 is 37.0 Å². The molecule has 0 bridgehead atoms. The van der Waals surface area contributed by atoms with E-state index in [4.69, 9.17) is 22.4 Å². The van der Waals surface area contributed by atoms with Crippen LogP contribution in [0, 0.1) is 0 Å². The molecule has 8 N–H and O–H groups in total. The highest BCUT2D eigenvalue weighted by Crippen LogP contribution is 2.45. The molecule has 2 amide bonds. The maximum absolute atomic E-state index is 13.0. The van der Waals surface area contributed by atoms with Crippen LogP contribution in [0.5, 0.6) is 0 Å². The summed E-state index contributed by atoms with van der Waals surface area (Å²) in [6, 6.07) is -0.190. The Kier molecular flexibility index (Phi) is 9.47. The Hall–Kier alpha value is -3.03. The molecular formula is C21H20ClN7O7S4. The molecule has 0 unspecified atom stereocenters. The number of carbonyl (C=O) groups is 4. The average Bonchev–Trinajstić information content (AvgIpc) is 3.25. The van der Waals surface area contributed by atoms with E-state index < -0.39 is 46.9 Å². The van der Waals surface area contributed by atoms with Crippen LogP contribution in [0.25, 0.3) is 0 Å². The number of nitrogens with zero attached hydrogens (tertiary/aromatic N) is 4. The Morgan fingerprint density at radius 3 is 2.80 bits per heavy atom. The number of halogens is 1. The molecule has 4 heterocycles. The summed E-state index contributed by atoms with van der Waals surface area (Å²) in [5.74, 6) is -3.31. The number of hydrogen-bond acceptors (Lipinski definition) is 14. The minimum Gasteiger partial charge on any atom is -0.543 e. The maximum atomic E-state index is 13.0. The Morgan fingerprint density at radius 1 is 1.43 bits per heavy atom. The van der Waals surface area contributed by atoms with Gasteiger partial charge in [0.05, 0.1) is 17.4 Å². The number of thioether (sulfide) groups is 3. The number of rotatable bonds is 11. The van der Waals surface area contributed by atoms with Crippen LogP contribution in [-0.2, 0) is 24.9 Å². The fraction of sp³-hybridized carbons (Fsp3) is 0.286. The first kappa shape index (κ1) is 29.9. The third-order valence-corrected chi connectivity index (χ3v) is 10.5. The summed E-state index contributed by atoms with van der Waals surface area (Å²) in [7, 11) is 0. The number of β-lactam (4-membered cyclic amide) rings is 1. The SMILES string of the molecule is Nc1nc(/C(=N/O)C(=O)N[C@@H]2C(=O)N3C(C(=O)[O-])=C(Sc4ccncc4CSC[C@H]([NH3+])C(=O)O)CS[C@H]23)c(Cl)s1.